The molecule has 0 radical (unpaired) electrons. The zero-order valence-corrected chi connectivity index (χ0v) is 12.0. The summed E-state index contributed by atoms with van der Waals surface area (Å²) in [6, 6.07) is 8.75. The number of nitro benzene ring substituents is 1. The van der Waals surface area contributed by atoms with Gasteiger partial charge in [-0.1, -0.05) is 19.3 Å². The third kappa shape index (κ3) is 3.12. The van der Waals surface area contributed by atoms with Crippen molar-refractivity contribution in [2.75, 3.05) is 18.0 Å². The van der Waals surface area contributed by atoms with Crippen LogP contribution in [-0.2, 0) is 0 Å². The van der Waals surface area contributed by atoms with E-state index < -0.39 is 0 Å². The second-order valence-electron chi connectivity index (χ2n) is 5.56. The van der Waals surface area contributed by atoms with Crippen molar-refractivity contribution in [2.45, 2.75) is 32.1 Å². The van der Waals surface area contributed by atoms with E-state index in [-0.39, 0.29) is 10.6 Å². The summed E-state index contributed by atoms with van der Waals surface area (Å²) in [6.45, 7) is 2.09. The Balaban J connectivity index is 1.89. The van der Waals surface area contributed by atoms with Crippen LogP contribution in [0.3, 0.4) is 0 Å². The summed E-state index contributed by atoms with van der Waals surface area (Å²) >= 11 is 0. The summed E-state index contributed by atoms with van der Waals surface area (Å²) in [5.74, 6) is 0.984. The standard InChI is InChI=1S/C16H19N3O2/c20-19(21)14-7-8-15-13(12-14)6-9-16(17-15)18-10-4-2-1-3-5-11-18/h6-9,12H,1-5,10-11H2. The molecule has 1 aliphatic heterocycles. The van der Waals surface area contributed by atoms with Gasteiger partial charge in [0.2, 0.25) is 0 Å². The molecule has 1 aliphatic rings. The molecule has 0 saturated carbocycles. The van der Waals surface area contributed by atoms with Gasteiger partial charge in [0, 0.05) is 30.6 Å². The van der Waals surface area contributed by atoms with Gasteiger partial charge in [0.15, 0.2) is 0 Å². The fourth-order valence-electron chi connectivity index (χ4n) is 2.87. The lowest BCUT2D eigenvalue weighted by Crippen LogP contribution is -2.27. The molecule has 0 unspecified atom stereocenters. The van der Waals surface area contributed by atoms with Gasteiger partial charge < -0.3 is 4.90 Å². The minimum atomic E-state index is -0.369. The summed E-state index contributed by atoms with van der Waals surface area (Å²) in [5.41, 5.74) is 0.934. The van der Waals surface area contributed by atoms with Gasteiger partial charge in [-0.05, 0) is 31.0 Å². The van der Waals surface area contributed by atoms with Gasteiger partial charge in [-0.25, -0.2) is 4.98 Å². The highest BCUT2D eigenvalue weighted by atomic mass is 16.6. The van der Waals surface area contributed by atoms with Crippen molar-refractivity contribution >= 4 is 22.4 Å². The van der Waals surface area contributed by atoms with Crippen LogP contribution in [0.2, 0.25) is 0 Å². The number of anilines is 1. The van der Waals surface area contributed by atoms with Crippen molar-refractivity contribution in [3.63, 3.8) is 0 Å². The Hall–Kier alpha value is -2.17. The van der Waals surface area contributed by atoms with Crippen molar-refractivity contribution in [3.05, 3.63) is 40.4 Å². The van der Waals surface area contributed by atoms with Gasteiger partial charge >= 0.3 is 0 Å². The molecule has 2 aromatic rings. The fourth-order valence-corrected chi connectivity index (χ4v) is 2.87. The number of benzene rings is 1. The van der Waals surface area contributed by atoms with Gasteiger partial charge in [0.25, 0.3) is 5.69 Å². The number of non-ortho nitro benzene ring substituents is 1. The average molecular weight is 285 g/mol. The first-order chi connectivity index (χ1) is 10.2. The van der Waals surface area contributed by atoms with Gasteiger partial charge in [-0.15, -0.1) is 0 Å². The van der Waals surface area contributed by atoms with Crippen LogP contribution in [0, 0.1) is 10.1 Å². The van der Waals surface area contributed by atoms with Crippen molar-refractivity contribution in [1.29, 1.82) is 0 Å². The van der Waals surface area contributed by atoms with E-state index in [0.717, 1.165) is 29.8 Å². The lowest BCUT2D eigenvalue weighted by atomic mass is 10.1. The minimum absolute atomic E-state index is 0.114. The molecule has 5 nitrogen and oxygen atoms in total. The van der Waals surface area contributed by atoms with Crippen LogP contribution in [-0.4, -0.2) is 23.0 Å². The van der Waals surface area contributed by atoms with Crippen molar-refractivity contribution in [1.82, 2.24) is 4.98 Å². The van der Waals surface area contributed by atoms with Crippen LogP contribution >= 0.6 is 0 Å². The van der Waals surface area contributed by atoms with Crippen molar-refractivity contribution < 1.29 is 4.92 Å². The molecule has 1 aromatic heterocycles. The maximum absolute atomic E-state index is 10.8. The monoisotopic (exact) mass is 285 g/mol. The van der Waals surface area contributed by atoms with Crippen LogP contribution in [0.25, 0.3) is 10.9 Å². The molecule has 0 spiro atoms. The summed E-state index contributed by atoms with van der Waals surface area (Å²) in [5, 5.41) is 11.6. The maximum atomic E-state index is 10.8. The predicted octanol–water partition coefficient (Wildman–Crippen LogP) is 3.91. The van der Waals surface area contributed by atoms with Crippen LogP contribution in [0.1, 0.15) is 32.1 Å². The lowest BCUT2D eigenvalue weighted by molar-refractivity contribution is -0.384. The molecule has 0 aliphatic carbocycles. The summed E-state index contributed by atoms with van der Waals surface area (Å²) < 4.78 is 0. The first kappa shape index (κ1) is 13.8. The number of aromatic nitrogens is 1. The van der Waals surface area contributed by atoms with Crippen molar-refractivity contribution in [3.8, 4) is 0 Å². The molecular weight excluding hydrogens is 266 g/mol. The van der Waals surface area contributed by atoms with E-state index in [1.165, 1.54) is 38.2 Å². The average Bonchev–Trinajstić information content (AvgIpc) is 2.46. The second-order valence-corrected chi connectivity index (χ2v) is 5.56. The highest BCUT2D eigenvalue weighted by Gasteiger charge is 2.12. The van der Waals surface area contributed by atoms with E-state index in [2.05, 4.69) is 9.88 Å². The Morgan fingerprint density at radius 1 is 1.00 bits per heavy atom. The molecule has 0 bridgehead atoms. The number of hydrogen-bond donors (Lipinski definition) is 0. The van der Waals surface area contributed by atoms with Gasteiger partial charge in [0.1, 0.15) is 5.82 Å². The molecule has 3 rings (SSSR count). The molecule has 110 valence electrons. The third-order valence-corrected chi connectivity index (χ3v) is 4.05. The van der Waals surface area contributed by atoms with E-state index >= 15 is 0 Å². The Morgan fingerprint density at radius 3 is 2.43 bits per heavy atom. The fraction of sp³-hybridized carbons (Fsp3) is 0.438. The molecule has 1 fully saturated rings. The second kappa shape index (κ2) is 6.08. The topological polar surface area (TPSA) is 59.3 Å². The number of rotatable bonds is 2. The molecule has 5 heteroatoms. The molecule has 0 N–H and O–H groups in total. The lowest BCUT2D eigenvalue weighted by Gasteiger charge is -2.26. The van der Waals surface area contributed by atoms with E-state index in [0.29, 0.717) is 0 Å². The highest BCUT2D eigenvalue weighted by Crippen LogP contribution is 2.24. The third-order valence-electron chi connectivity index (χ3n) is 4.05. The molecule has 1 aromatic carbocycles. The number of fused-ring (bicyclic) bond motifs is 1. The molecule has 2 heterocycles. The number of nitrogens with zero attached hydrogens (tertiary/aromatic N) is 3. The highest BCUT2D eigenvalue weighted by molar-refractivity contribution is 5.82. The summed E-state index contributed by atoms with van der Waals surface area (Å²) in [7, 11) is 0. The number of hydrogen-bond acceptors (Lipinski definition) is 4. The summed E-state index contributed by atoms with van der Waals surface area (Å²) in [6.07, 6.45) is 6.33. The Kier molecular flexibility index (Phi) is 3.99. The molecular formula is C16H19N3O2. The SMILES string of the molecule is O=[N+]([O-])c1ccc2nc(N3CCCCCCC3)ccc2c1. The quantitative estimate of drug-likeness (QED) is 0.620. The van der Waals surface area contributed by atoms with E-state index in [9.17, 15) is 10.1 Å². The Bertz CT molecular complexity index is 649. The van der Waals surface area contributed by atoms with Gasteiger partial charge in [0.05, 0.1) is 10.4 Å². The first-order valence-electron chi connectivity index (χ1n) is 7.54. The van der Waals surface area contributed by atoms with E-state index in [1.807, 2.05) is 12.1 Å². The Morgan fingerprint density at radius 2 is 1.71 bits per heavy atom. The molecule has 1 saturated heterocycles. The first-order valence-corrected chi connectivity index (χ1v) is 7.54. The zero-order valence-electron chi connectivity index (χ0n) is 12.0. The van der Waals surface area contributed by atoms with E-state index in [4.69, 9.17) is 0 Å². The van der Waals surface area contributed by atoms with Gasteiger partial charge in [-0.3, -0.25) is 10.1 Å². The smallest absolute Gasteiger partial charge is 0.270 e. The maximum Gasteiger partial charge on any atom is 0.270 e. The van der Waals surface area contributed by atoms with E-state index in [1.54, 1.807) is 12.1 Å². The largest absolute Gasteiger partial charge is 0.357 e. The molecule has 0 atom stereocenters. The van der Waals surface area contributed by atoms with Crippen LogP contribution in [0.4, 0.5) is 11.5 Å². The van der Waals surface area contributed by atoms with Crippen LogP contribution < -0.4 is 4.90 Å². The number of nitro groups is 1. The molecule has 0 amide bonds. The molecule has 21 heavy (non-hydrogen) atoms. The number of pyridine rings is 1. The predicted molar refractivity (Wildman–Crippen MR) is 83.7 cm³/mol. The van der Waals surface area contributed by atoms with Gasteiger partial charge in [-0.2, -0.15) is 0 Å². The van der Waals surface area contributed by atoms with Crippen molar-refractivity contribution in [2.24, 2.45) is 0 Å². The van der Waals surface area contributed by atoms with Crippen LogP contribution in [0.15, 0.2) is 30.3 Å². The minimum Gasteiger partial charge on any atom is -0.357 e. The zero-order chi connectivity index (χ0) is 14.7. The van der Waals surface area contributed by atoms with Crippen LogP contribution in [0.5, 0.6) is 0 Å². The normalized spacial score (nSPS) is 16.5. The Labute approximate surface area is 123 Å². The summed E-state index contributed by atoms with van der Waals surface area (Å²) in [4.78, 5) is 17.4.